The average Bonchev–Trinajstić information content (AvgIpc) is 3.10. The van der Waals surface area contributed by atoms with E-state index in [1.54, 1.807) is 18.3 Å². The molecule has 2 aliphatic rings. The number of aromatic nitrogens is 2. The SMILES string of the molecule is Cn1ncc(N2CC=NC=C2c2ccccc2F)c1N1CCC(CN)CC1. The summed E-state index contributed by atoms with van der Waals surface area (Å²) < 4.78 is 16.3. The van der Waals surface area contributed by atoms with Crippen LogP contribution in [0.1, 0.15) is 18.4 Å². The number of nitrogens with two attached hydrogens (primary N) is 1. The number of rotatable bonds is 4. The predicted molar refractivity (Wildman–Crippen MR) is 107 cm³/mol. The normalized spacial score (nSPS) is 18.1. The largest absolute Gasteiger partial charge is 0.355 e. The summed E-state index contributed by atoms with van der Waals surface area (Å²) in [4.78, 5) is 8.72. The summed E-state index contributed by atoms with van der Waals surface area (Å²) in [5.74, 6) is 1.40. The van der Waals surface area contributed by atoms with Gasteiger partial charge in [-0.2, -0.15) is 5.10 Å². The van der Waals surface area contributed by atoms with Crippen molar-refractivity contribution in [1.82, 2.24) is 9.78 Å². The van der Waals surface area contributed by atoms with Crippen LogP contribution in [0.25, 0.3) is 5.70 Å². The Kier molecular flexibility index (Phi) is 4.94. The van der Waals surface area contributed by atoms with Crippen LogP contribution in [0.3, 0.4) is 0 Å². The predicted octanol–water partition coefficient (Wildman–Crippen LogP) is 2.62. The van der Waals surface area contributed by atoms with Crippen LogP contribution in [0.5, 0.6) is 0 Å². The van der Waals surface area contributed by atoms with Crippen molar-refractivity contribution >= 4 is 23.4 Å². The highest BCUT2D eigenvalue weighted by Gasteiger charge is 2.28. The Morgan fingerprint density at radius 3 is 2.74 bits per heavy atom. The lowest BCUT2D eigenvalue weighted by Gasteiger charge is -2.36. The van der Waals surface area contributed by atoms with E-state index in [-0.39, 0.29) is 5.82 Å². The molecule has 2 aliphatic heterocycles. The molecular formula is C20H25FN6. The monoisotopic (exact) mass is 368 g/mol. The molecule has 0 radical (unpaired) electrons. The summed E-state index contributed by atoms with van der Waals surface area (Å²) in [6.07, 6.45) is 7.58. The van der Waals surface area contributed by atoms with Gasteiger partial charge in [-0.3, -0.25) is 9.67 Å². The fraction of sp³-hybridized carbons (Fsp3) is 0.400. The van der Waals surface area contributed by atoms with Crippen LogP contribution in [0, 0.1) is 11.7 Å². The summed E-state index contributed by atoms with van der Waals surface area (Å²) in [5, 5.41) is 4.50. The lowest BCUT2D eigenvalue weighted by atomic mass is 9.97. The van der Waals surface area contributed by atoms with E-state index in [0.717, 1.165) is 49.7 Å². The highest BCUT2D eigenvalue weighted by atomic mass is 19.1. The molecular weight excluding hydrogens is 343 g/mol. The molecule has 0 spiro atoms. The van der Waals surface area contributed by atoms with Crippen LogP contribution in [-0.2, 0) is 7.05 Å². The first-order valence-electron chi connectivity index (χ1n) is 9.40. The Hall–Kier alpha value is -2.67. The van der Waals surface area contributed by atoms with Crippen LogP contribution < -0.4 is 15.5 Å². The number of hydrogen-bond acceptors (Lipinski definition) is 5. The maximum atomic E-state index is 14.4. The summed E-state index contributed by atoms with van der Waals surface area (Å²) in [5.41, 5.74) is 8.11. The first-order valence-corrected chi connectivity index (χ1v) is 9.40. The summed E-state index contributed by atoms with van der Waals surface area (Å²) in [6, 6.07) is 6.82. The molecule has 0 aliphatic carbocycles. The maximum absolute atomic E-state index is 14.4. The second kappa shape index (κ2) is 7.52. The van der Waals surface area contributed by atoms with Gasteiger partial charge in [0.25, 0.3) is 0 Å². The van der Waals surface area contributed by atoms with Gasteiger partial charge < -0.3 is 15.5 Å². The molecule has 1 aromatic heterocycles. The van der Waals surface area contributed by atoms with Gasteiger partial charge in [0, 0.05) is 31.9 Å². The molecule has 2 N–H and O–H groups in total. The Balaban J connectivity index is 1.68. The second-order valence-electron chi connectivity index (χ2n) is 7.08. The first kappa shape index (κ1) is 17.7. The number of anilines is 2. The zero-order valence-electron chi connectivity index (χ0n) is 15.6. The standard InChI is InChI=1S/C20H25FN6/c1-25-20(26-9-6-15(12-22)7-10-26)19(14-24-25)27-11-8-23-13-18(27)16-4-2-3-5-17(16)21/h2-5,8,13-15H,6-7,9-12,22H2,1H3. The molecule has 2 aromatic rings. The maximum Gasteiger partial charge on any atom is 0.150 e. The highest BCUT2D eigenvalue weighted by Crippen LogP contribution is 2.37. The van der Waals surface area contributed by atoms with Crippen molar-refractivity contribution in [1.29, 1.82) is 0 Å². The third-order valence-corrected chi connectivity index (χ3v) is 5.43. The summed E-state index contributed by atoms with van der Waals surface area (Å²) in [6.45, 7) is 3.23. The molecule has 0 bridgehead atoms. The van der Waals surface area contributed by atoms with E-state index < -0.39 is 0 Å². The number of aliphatic imine (C=N–C) groups is 1. The topological polar surface area (TPSA) is 62.7 Å². The molecule has 6 nitrogen and oxygen atoms in total. The van der Waals surface area contributed by atoms with Gasteiger partial charge >= 0.3 is 0 Å². The van der Waals surface area contributed by atoms with Crippen LogP contribution in [0.2, 0.25) is 0 Å². The molecule has 7 heteroatoms. The van der Waals surface area contributed by atoms with Crippen LogP contribution >= 0.6 is 0 Å². The molecule has 0 amide bonds. The zero-order valence-corrected chi connectivity index (χ0v) is 15.6. The van der Waals surface area contributed by atoms with E-state index in [0.29, 0.717) is 18.0 Å². The summed E-state index contributed by atoms with van der Waals surface area (Å²) in [7, 11) is 1.96. The Morgan fingerprint density at radius 2 is 2.00 bits per heavy atom. The number of aryl methyl sites for hydroxylation is 1. The Bertz CT molecular complexity index is 863. The van der Waals surface area contributed by atoms with Crippen molar-refractivity contribution in [3.63, 3.8) is 0 Å². The summed E-state index contributed by atoms with van der Waals surface area (Å²) >= 11 is 0. The van der Waals surface area contributed by atoms with Gasteiger partial charge in [0.05, 0.1) is 24.6 Å². The van der Waals surface area contributed by atoms with Crippen molar-refractivity contribution in [3.8, 4) is 0 Å². The smallest absolute Gasteiger partial charge is 0.150 e. The minimum absolute atomic E-state index is 0.250. The molecule has 0 atom stereocenters. The van der Waals surface area contributed by atoms with E-state index in [1.165, 1.54) is 6.07 Å². The molecule has 1 fully saturated rings. The number of nitrogens with zero attached hydrogens (tertiary/aromatic N) is 5. The molecule has 3 heterocycles. The number of halogens is 1. The number of hydrogen-bond donors (Lipinski definition) is 1. The van der Waals surface area contributed by atoms with E-state index >= 15 is 0 Å². The fourth-order valence-electron chi connectivity index (χ4n) is 3.89. The molecule has 1 saturated heterocycles. The van der Waals surface area contributed by atoms with Gasteiger partial charge in [0.2, 0.25) is 0 Å². The van der Waals surface area contributed by atoms with E-state index in [1.807, 2.05) is 30.2 Å². The Labute approximate surface area is 158 Å². The molecule has 1 aromatic carbocycles. The highest BCUT2D eigenvalue weighted by molar-refractivity contribution is 5.90. The molecule has 4 rings (SSSR count). The van der Waals surface area contributed by atoms with Gasteiger partial charge in [-0.15, -0.1) is 0 Å². The van der Waals surface area contributed by atoms with Crippen molar-refractivity contribution in [2.45, 2.75) is 12.8 Å². The number of benzene rings is 1. The van der Waals surface area contributed by atoms with Gasteiger partial charge in [0.1, 0.15) is 11.5 Å². The first-order chi connectivity index (χ1) is 13.2. The third kappa shape index (κ3) is 3.35. The average molecular weight is 368 g/mol. The van der Waals surface area contributed by atoms with Crippen LogP contribution in [0.15, 0.2) is 41.7 Å². The van der Waals surface area contributed by atoms with Gasteiger partial charge in [0.15, 0.2) is 5.82 Å². The van der Waals surface area contributed by atoms with Gasteiger partial charge in [-0.05, 0) is 37.4 Å². The molecule has 27 heavy (non-hydrogen) atoms. The quantitative estimate of drug-likeness (QED) is 0.901. The molecule has 0 saturated carbocycles. The number of piperidine rings is 1. The van der Waals surface area contributed by atoms with Gasteiger partial charge in [-0.25, -0.2) is 4.39 Å². The lowest BCUT2D eigenvalue weighted by molar-refractivity contribution is 0.410. The van der Waals surface area contributed by atoms with Crippen molar-refractivity contribution in [2.75, 3.05) is 36.0 Å². The van der Waals surface area contributed by atoms with E-state index in [4.69, 9.17) is 5.73 Å². The zero-order chi connectivity index (χ0) is 18.8. The third-order valence-electron chi connectivity index (χ3n) is 5.43. The van der Waals surface area contributed by atoms with Gasteiger partial charge in [-0.1, -0.05) is 12.1 Å². The van der Waals surface area contributed by atoms with Crippen molar-refractivity contribution in [3.05, 3.63) is 48.0 Å². The fourth-order valence-corrected chi connectivity index (χ4v) is 3.89. The van der Waals surface area contributed by atoms with E-state index in [9.17, 15) is 4.39 Å². The van der Waals surface area contributed by atoms with Crippen molar-refractivity contribution < 1.29 is 4.39 Å². The molecule has 142 valence electrons. The van der Waals surface area contributed by atoms with Crippen LogP contribution in [0.4, 0.5) is 15.9 Å². The second-order valence-corrected chi connectivity index (χ2v) is 7.08. The van der Waals surface area contributed by atoms with Crippen molar-refractivity contribution in [2.24, 2.45) is 23.7 Å². The minimum atomic E-state index is -0.250. The minimum Gasteiger partial charge on any atom is -0.355 e. The van der Waals surface area contributed by atoms with E-state index in [2.05, 4.69) is 19.9 Å². The molecule has 0 unspecified atom stereocenters. The lowest BCUT2D eigenvalue weighted by Crippen LogP contribution is -2.38. The van der Waals surface area contributed by atoms with Crippen LogP contribution in [-0.4, -0.2) is 42.2 Å². The Morgan fingerprint density at radius 1 is 1.22 bits per heavy atom.